The van der Waals surface area contributed by atoms with Gasteiger partial charge in [-0.2, -0.15) is 5.10 Å². The number of aromatic amines is 1. The zero-order valence-electron chi connectivity index (χ0n) is 13.9. The predicted octanol–water partition coefficient (Wildman–Crippen LogP) is 2.99. The molecule has 0 fully saturated rings. The summed E-state index contributed by atoms with van der Waals surface area (Å²) in [6.07, 6.45) is 11.2. The number of carbonyl (C=O) groups excluding carboxylic acids is 1. The number of anilines is 1. The smallest absolute Gasteiger partial charge is 0.225 e. The molecule has 1 amide bonds. The van der Waals surface area contributed by atoms with E-state index in [0.29, 0.717) is 18.7 Å². The number of hydrogen-bond acceptors (Lipinski definition) is 5. The molecule has 0 aliphatic heterocycles. The van der Waals surface area contributed by atoms with Crippen LogP contribution in [0.15, 0.2) is 61.6 Å². The van der Waals surface area contributed by atoms with E-state index in [4.69, 9.17) is 0 Å². The normalized spacial score (nSPS) is 10.8. The number of aromatic nitrogens is 5. The number of nitrogens with zero attached hydrogens (tertiary/aromatic N) is 4. The van der Waals surface area contributed by atoms with Gasteiger partial charge in [-0.15, -0.1) is 0 Å². The van der Waals surface area contributed by atoms with E-state index in [1.54, 1.807) is 24.8 Å². The van der Waals surface area contributed by atoms with Crippen molar-refractivity contribution < 1.29 is 4.79 Å². The van der Waals surface area contributed by atoms with E-state index in [-0.39, 0.29) is 5.91 Å². The first-order valence-electron chi connectivity index (χ1n) is 8.21. The number of fused-ring (bicyclic) bond motifs is 1. The lowest BCUT2D eigenvalue weighted by molar-refractivity contribution is -0.116. The van der Waals surface area contributed by atoms with Crippen LogP contribution in [-0.2, 0) is 11.2 Å². The molecule has 7 heteroatoms. The molecule has 7 nitrogen and oxygen atoms in total. The highest BCUT2D eigenvalue weighted by Crippen LogP contribution is 2.24. The molecular formula is C19H16N6O. The summed E-state index contributed by atoms with van der Waals surface area (Å²) in [5.74, 6) is 0.447. The Labute approximate surface area is 149 Å². The van der Waals surface area contributed by atoms with Crippen LogP contribution in [0.2, 0.25) is 0 Å². The molecule has 4 rings (SSSR count). The summed E-state index contributed by atoms with van der Waals surface area (Å²) in [4.78, 5) is 24.4. The third-order valence-electron chi connectivity index (χ3n) is 4.08. The van der Waals surface area contributed by atoms with Crippen LogP contribution in [0.5, 0.6) is 0 Å². The van der Waals surface area contributed by atoms with Gasteiger partial charge in [0.15, 0.2) is 0 Å². The number of rotatable bonds is 5. The lowest BCUT2D eigenvalue weighted by Crippen LogP contribution is -2.13. The average molecular weight is 344 g/mol. The van der Waals surface area contributed by atoms with Crippen molar-refractivity contribution in [3.05, 3.63) is 67.1 Å². The summed E-state index contributed by atoms with van der Waals surface area (Å²) in [5.41, 5.74) is 3.00. The van der Waals surface area contributed by atoms with Crippen LogP contribution in [0.25, 0.3) is 21.9 Å². The predicted molar refractivity (Wildman–Crippen MR) is 98.3 cm³/mol. The summed E-state index contributed by atoms with van der Waals surface area (Å²) in [6, 6.07) is 7.96. The van der Waals surface area contributed by atoms with Gasteiger partial charge in [0.05, 0.1) is 6.20 Å². The fraction of sp³-hybridized carbons (Fsp3) is 0.105. The molecule has 0 radical (unpaired) electrons. The summed E-state index contributed by atoms with van der Waals surface area (Å²) in [7, 11) is 0. The van der Waals surface area contributed by atoms with E-state index in [1.807, 2.05) is 24.4 Å². The molecule has 3 aromatic heterocycles. The highest BCUT2D eigenvalue weighted by atomic mass is 16.1. The number of benzene rings is 1. The highest BCUT2D eigenvalue weighted by Gasteiger charge is 2.07. The summed E-state index contributed by atoms with van der Waals surface area (Å²) < 4.78 is 0. The van der Waals surface area contributed by atoms with Crippen molar-refractivity contribution in [3.63, 3.8) is 0 Å². The lowest BCUT2D eigenvalue weighted by atomic mass is 10.1. The van der Waals surface area contributed by atoms with Gasteiger partial charge in [0, 0.05) is 42.2 Å². The molecule has 0 saturated carbocycles. The van der Waals surface area contributed by atoms with Crippen molar-refractivity contribution in [3.8, 4) is 11.1 Å². The zero-order chi connectivity index (χ0) is 17.8. The van der Waals surface area contributed by atoms with Crippen molar-refractivity contribution in [2.45, 2.75) is 12.8 Å². The summed E-state index contributed by atoms with van der Waals surface area (Å²) in [6.45, 7) is 0. The molecule has 0 unspecified atom stereocenters. The molecule has 0 bridgehead atoms. The Kier molecular flexibility index (Phi) is 4.34. The van der Waals surface area contributed by atoms with Crippen molar-refractivity contribution in [1.82, 2.24) is 25.1 Å². The molecule has 128 valence electrons. The van der Waals surface area contributed by atoms with Crippen molar-refractivity contribution in [2.24, 2.45) is 0 Å². The quantitative estimate of drug-likeness (QED) is 0.580. The van der Waals surface area contributed by atoms with E-state index in [1.165, 1.54) is 6.33 Å². The second kappa shape index (κ2) is 7.10. The number of pyridine rings is 1. The third-order valence-corrected chi connectivity index (χ3v) is 4.08. The van der Waals surface area contributed by atoms with Gasteiger partial charge in [0.25, 0.3) is 0 Å². The number of carbonyl (C=O) groups is 1. The number of aryl methyl sites for hydroxylation is 1. The van der Waals surface area contributed by atoms with E-state index in [2.05, 4.69) is 36.5 Å². The largest absolute Gasteiger partial charge is 0.311 e. The first-order chi connectivity index (χ1) is 12.8. The molecule has 4 aromatic rings. The van der Waals surface area contributed by atoms with Gasteiger partial charge in [-0.05, 0) is 35.1 Å². The molecule has 0 spiro atoms. The van der Waals surface area contributed by atoms with E-state index in [0.717, 1.165) is 27.5 Å². The topological polar surface area (TPSA) is 96.5 Å². The molecule has 0 saturated heterocycles. The lowest BCUT2D eigenvalue weighted by Gasteiger charge is -2.07. The van der Waals surface area contributed by atoms with Crippen LogP contribution in [0.3, 0.4) is 0 Å². The van der Waals surface area contributed by atoms with Crippen molar-refractivity contribution >= 4 is 22.5 Å². The molecule has 2 N–H and O–H groups in total. The van der Waals surface area contributed by atoms with Gasteiger partial charge in [-0.3, -0.25) is 9.89 Å². The first-order valence-corrected chi connectivity index (χ1v) is 8.21. The first kappa shape index (κ1) is 15.9. The molecule has 0 atom stereocenters. The molecule has 26 heavy (non-hydrogen) atoms. The van der Waals surface area contributed by atoms with Gasteiger partial charge in [0.2, 0.25) is 5.91 Å². The van der Waals surface area contributed by atoms with Gasteiger partial charge >= 0.3 is 0 Å². The highest BCUT2D eigenvalue weighted by molar-refractivity contribution is 5.94. The van der Waals surface area contributed by atoms with E-state index >= 15 is 0 Å². The molecule has 0 aliphatic rings. The summed E-state index contributed by atoms with van der Waals surface area (Å²) >= 11 is 0. The van der Waals surface area contributed by atoms with Gasteiger partial charge < -0.3 is 5.32 Å². The van der Waals surface area contributed by atoms with Crippen LogP contribution >= 0.6 is 0 Å². The molecule has 0 aliphatic carbocycles. The van der Waals surface area contributed by atoms with Gasteiger partial charge in [-0.1, -0.05) is 12.1 Å². The Morgan fingerprint density at radius 3 is 2.69 bits per heavy atom. The minimum absolute atomic E-state index is 0.0910. The Hall–Kier alpha value is -3.61. The van der Waals surface area contributed by atoms with Crippen molar-refractivity contribution in [1.29, 1.82) is 0 Å². The van der Waals surface area contributed by atoms with E-state index in [9.17, 15) is 4.79 Å². The van der Waals surface area contributed by atoms with Crippen LogP contribution < -0.4 is 5.32 Å². The SMILES string of the molecule is O=C(CCc1cncnc1)Nc1cc2cc(-c3cn[nH]c3)ccc2cn1. The Morgan fingerprint density at radius 1 is 1.00 bits per heavy atom. The molecule has 1 aromatic carbocycles. The average Bonchev–Trinajstić information content (AvgIpc) is 3.21. The van der Waals surface area contributed by atoms with E-state index < -0.39 is 0 Å². The molecular weight excluding hydrogens is 328 g/mol. The standard InChI is InChI=1S/C19H16N6O/c26-19(4-1-13-7-20-12-21-8-13)25-18-6-16-5-14(17-10-23-24-11-17)2-3-15(16)9-22-18/h2-3,5-12H,1,4H2,(H,23,24)(H,22,25,26). The molecule has 3 heterocycles. The van der Waals surface area contributed by atoms with Crippen molar-refractivity contribution in [2.75, 3.05) is 5.32 Å². The van der Waals surface area contributed by atoms with Crippen LogP contribution in [0.1, 0.15) is 12.0 Å². The number of nitrogens with one attached hydrogen (secondary N) is 2. The third kappa shape index (κ3) is 3.56. The maximum Gasteiger partial charge on any atom is 0.225 e. The maximum absolute atomic E-state index is 12.2. The Morgan fingerprint density at radius 2 is 1.88 bits per heavy atom. The minimum Gasteiger partial charge on any atom is -0.311 e. The van der Waals surface area contributed by atoms with Crippen LogP contribution in [0, 0.1) is 0 Å². The zero-order valence-corrected chi connectivity index (χ0v) is 13.9. The Bertz CT molecular complexity index is 1030. The second-order valence-electron chi connectivity index (χ2n) is 5.91. The Balaban J connectivity index is 1.48. The van der Waals surface area contributed by atoms with Crippen LogP contribution in [-0.4, -0.2) is 31.1 Å². The number of hydrogen-bond donors (Lipinski definition) is 2. The second-order valence-corrected chi connectivity index (χ2v) is 5.91. The fourth-order valence-corrected chi connectivity index (χ4v) is 2.72. The minimum atomic E-state index is -0.0910. The monoisotopic (exact) mass is 344 g/mol. The maximum atomic E-state index is 12.2. The fourth-order valence-electron chi connectivity index (χ4n) is 2.72. The number of amides is 1. The number of H-pyrrole nitrogens is 1. The van der Waals surface area contributed by atoms with Crippen LogP contribution in [0.4, 0.5) is 5.82 Å². The van der Waals surface area contributed by atoms with Gasteiger partial charge in [0.1, 0.15) is 12.1 Å². The summed E-state index contributed by atoms with van der Waals surface area (Å²) in [5, 5.41) is 11.7. The van der Waals surface area contributed by atoms with Gasteiger partial charge in [-0.25, -0.2) is 15.0 Å².